The lowest BCUT2D eigenvalue weighted by atomic mass is 10.2. The van der Waals surface area contributed by atoms with Crippen molar-refractivity contribution in [1.29, 1.82) is 0 Å². The first-order valence-electron chi connectivity index (χ1n) is 7.98. The molecule has 118 valence electrons. The summed E-state index contributed by atoms with van der Waals surface area (Å²) in [6.07, 6.45) is 1.14. The second-order valence-corrected chi connectivity index (χ2v) is 7.11. The Bertz CT molecular complexity index is 628. The van der Waals surface area contributed by atoms with Crippen LogP contribution in [-0.4, -0.2) is 46.4 Å². The van der Waals surface area contributed by atoms with Crippen LogP contribution in [-0.2, 0) is 11.3 Å². The van der Waals surface area contributed by atoms with Gasteiger partial charge < -0.3 is 4.74 Å². The number of hydrogen-bond donors (Lipinski definition) is 0. The molecule has 0 N–H and O–H groups in total. The van der Waals surface area contributed by atoms with E-state index in [1.165, 1.54) is 5.39 Å². The maximum atomic E-state index is 5.41. The number of para-hydroxylation sites is 1. The highest BCUT2D eigenvalue weighted by Crippen LogP contribution is 2.29. The first-order valence-corrected chi connectivity index (χ1v) is 8.86. The molecule has 0 spiro atoms. The van der Waals surface area contributed by atoms with Gasteiger partial charge in [0.1, 0.15) is 10.9 Å². The average Bonchev–Trinajstić information content (AvgIpc) is 2.55. The first kappa shape index (κ1) is 15.7. The van der Waals surface area contributed by atoms with Crippen LogP contribution in [0.15, 0.2) is 29.3 Å². The van der Waals surface area contributed by atoms with Crippen LogP contribution in [0.1, 0.15) is 26.1 Å². The van der Waals surface area contributed by atoms with Crippen molar-refractivity contribution in [2.75, 3.05) is 26.3 Å². The largest absolute Gasteiger partial charge is 0.379 e. The Morgan fingerprint density at radius 1 is 1.23 bits per heavy atom. The van der Waals surface area contributed by atoms with Crippen LogP contribution in [0.4, 0.5) is 0 Å². The molecule has 1 fully saturated rings. The zero-order valence-corrected chi connectivity index (χ0v) is 14.1. The van der Waals surface area contributed by atoms with Crippen LogP contribution in [0.25, 0.3) is 10.9 Å². The summed E-state index contributed by atoms with van der Waals surface area (Å²) < 4.78 is 5.41. The number of thioether (sulfide) groups is 1. The molecule has 3 rings (SSSR count). The van der Waals surface area contributed by atoms with Crippen molar-refractivity contribution in [3.8, 4) is 0 Å². The van der Waals surface area contributed by atoms with Crippen molar-refractivity contribution < 1.29 is 4.74 Å². The SMILES string of the molecule is CCC(C)Sc1nc(CN2CCOCC2)nc2ccccc12. The molecule has 0 radical (unpaired) electrons. The van der Waals surface area contributed by atoms with E-state index in [4.69, 9.17) is 14.7 Å². The van der Waals surface area contributed by atoms with Crippen molar-refractivity contribution >= 4 is 22.7 Å². The van der Waals surface area contributed by atoms with Crippen molar-refractivity contribution in [3.05, 3.63) is 30.1 Å². The van der Waals surface area contributed by atoms with Crippen molar-refractivity contribution in [2.45, 2.75) is 37.1 Å². The molecule has 1 aliphatic rings. The van der Waals surface area contributed by atoms with Crippen LogP contribution in [0.5, 0.6) is 0 Å². The summed E-state index contributed by atoms with van der Waals surface area (Å²) in [5, 5.41) is 2.84. The molecule has 1 aromatic carbocycles. The van der Waals surface area contributed by atoms with E-state index < -0.39 is 0 Å². The number of benzene rings is 1. The third-order valence-corrected chi connectivity index (χ3v) is 5.24. The molecule has 0 saturated carbocycles. The minimum absolute atomic E-state index is 0.564. The fourth-order valence-electron chi connectivity index (χ4n) is 2.49. The van der Waals surface area contributed by atoms with Crippen LogP contribution in [0.3, 0.4) is 0 Å². The number of aromatic nitrogens is 2. The highest BCUT2D eigenvalue weighted by Gasteiger charge is 2.15. The van der Waals surface area contributed by atoms with E-state index in [-0.39, 0.29) is 0 Å². The number of morpholine rings is 1. The summed E-state index contributed by atoms with van der Waals surface area (Å²) >= 11 is 1.85. The Morgan fingerprint density at radius 2 is 2.00 bits per heavy atom. The van der Waals surface area contributed by atoms with E-state index >= 15 is 0 Å². The molecule has 0 aliphatic carbocycles. The highest BCUT2D eigenvalue weighted by atomic mass is 32.2. The van der Waals surface area contributed by atoms with Crippen LogP contribution < -0.4 is 0 Å². The summed E-state index contributed by atoms with van der Waals surface area (Å²) in [7, 11) is 0. The van der Waals surface area contributed by atoms with E-state index in [0.29, 0.717) is 5.25 Å². The molecule has 4 nitrogen and oxygen atoms in total. The van der Waals surface area contributed by atoms with Crippen molar-refractivity contribution in [3.63, 3.8) is 0 Å². The Kier molecular flexibility index (Phi) is 5.28. The lowest BCUT2D eigenvalue weighted by molar-refractivity contribution is 0.0330. The number of ether oxygens (including phenoxy) is 1. The summed E-state index contributed by atoms with van der Waals surface area (Å²) in [4.78, 5) is 12.0. The molecule has 1 saturated heterocycles. The highest BCUT2D eigenvalue weighted by molar-refractivity contribution is 8.00. The molecule has 1 unspecified atom stereocenters. The topological polar surface area (TPSA) is 38.2 Å². The van der Waals surface area contributed by atoms with Crippen LogP contribution >= 0.6 is 11.8 Å². The standard InChI is InChI=1S/C17H23N3OS/c1-3-13(2)22-17-14-6-4-5-7-15(14)18-16(19-17)12-20-8-10-21-11-9-20/h4-7,13H,3,8-12H2,1-2H3. The fourth-order valence-corrected chi connectivity index (χ4v) is 3.49. The van der Waals surface area contributed by atoms with Gasteiger partial charge in [0.2, 0.25) is 0 Å². The predicted molar refractivity (Wildman–Crippen MR) is 91.2 cm³/mol. The third-order valence-electron chi connectivity index (χ3n) is 3.97. The van der Waals surface area contributed by atoms with E-state index in [2.05, 4.69) is 36.9 Å². The van der Waals surface area contributed by atoms with E-state index in [1.54, 1.807) is 0 Å². The van der Waals surface area contributed by atoms with Gasteiger partial charge in [-0.1, -0.05) is 32.0 Å². The van der Waals surface area contributed by atoms with Gasteiger partial charge in [-0.3, -0.25) is 4.90 Å². The summed E-state index contributed by atoms with van der Waals surface area (Å²) in [5.74, 6) is 0.923. The Hall–Kier alpha value is -1.17. The van der Waals surface area contributed by atoms with Gasteiger partial charge in [-0.2, -0.15) is 0 Å². The molecule has 0 amide bonds. The predicted octanol–water partition coefficient (Wildman–Crippen LogP) is 3.35. The second kappa shape index (κ2) is 7.40. The smallest absolute Gasteiger partial charge is 0.144 e. The molecule has 0 bridgehead atoms. The minimum Gasteiger partial charge on any atom is -0.379 e. The van der Waals surface area contributed by atoms with Crippen LogP contribution in [0.2, 0.25) is 0 Å². The van der Waals surface area contributed by atoms with Gasteiger partial charge in [0.05, 0.1) is 25.3 Å². The zero-order chi connectivity index (χ0) is 15.4. The lowest BCUT2D eigenvalue weighted by Gasteiger charge is -2.26. The molecule has 1 aromatic heterocycles. The first-order chi connectivity index (χ1) is 10.8. The third kappa shape index (κ3) is 3.77. The lowest BCUT2D eigenvalue weighted by Crippen LogP contribution is -2.36. The quantitative estimate of drug-likeness (QED) is 0.624. The van der Waals surface area contributed by atoms with Crippen molar-refractivity contribution in [2.24, 2.45) is 0 Å². The normalized spacial score (nSPS) is 17.7. The summed E-state index contributed by atoms with van der Waals surface area (Å²) in [6.45, 7) is 8.82. The molecule has 1 atom stereocenters. The van der Waals surface area contributed by atoms with Gasteiger partial charge >= 0.3 is 0 Å². The van der Waals surface area contributed by atoms with E-state index in [1.807, 2.05) is 17.8 Å². The Morgan fingerprint density at radius 3 is 2.77 bits per heavy atom. The van der Waals surface area contributed by atoms with Gasteiger partial charge in [-0.15, -0.1) is 11.8 Å². The fraction of sp³-hybridized carbons (Fsp3) is 0.529. The Balaban J connectivity index is 1.89. The molecular formula is C17H23N3OS. The number of nitrogens with zero attached hydrogens (tertiary/aromatic N) is 3. The summed E-state index contributed by atoms with van der Waals surface area (Å²) in [5.41, 5.74) is 1.05. The van der Waals surface area contributed by atoms with Crippen LogP contribution in [0, 0.1) is 0 Å². The second-order valence-electron chi connectivity index (χ2n) is 5.69. The van der Waals surface area contributed by atoms with Gasteiger partial charge in [0.25, 0.3) is 0 Å². The zero-order valence-electron chi connectivity index (χ0n) is 13.3. The molecule has 1 aliphatic heterocycles. The Labute approximate surface area is 136 Å². The molecular weight excluding hydrogens is 294 g/mol. The monoisotopic (exact) mass is 317 g/mol. The summed E-state index contributed by atoms with van der Waals surface area (Å²) in [6, 6.07) is 8.32. The van der Waals surface area contributed by atoms with Crippen molar-refractivity contribution in [1.82, 2.24) is 14.9 Å². The molecule has 2 heterocycles. The number of rotatable bonds is 5. The molecule has 22 heavy (non-hydrogen) atoms. The van der Waals surface area contributed by atoms with E-state index in [9.17, 15) is 0 Å². The number of fused-ring (bicyclic) bond motifs is 1. The van der Waals surface area contributed by atoms with Gasteiger partial charge in [0.15, 0.2) is 0 Å². The maximum absolute atomic E-state index is 5.41. The van der Waals surface area contributed by atoms with Gasteiger partial charge in [0, 0.05) is 23.7 Å². The van der Waals surface area contributed by atoms with E-state index in [0.717, 1.165) is 55.6 Å². The van der Waals surface area contributed by atoms with Gasteiger partial charge in [-0.05, 0) is 12.5 Å². The average molecular weight is 317 g/mol. The molecule has 2 aromatic rings. The van der Waals surface area contributed by atoms with Gasteiger partial charge in [-0.25, -0.2) is 9.97 Å². The maximum Gasteiger partial charge on any atom is 0.144 e. The minimum atomic E-state index is 0.564. The molecule has 5 heteroatoms. The number of hydrogen-bond acceptors (Lipinski definition) is 5.